The highest BCUT2D eigenvalue weighted by atomic mass is 16.7. The van der Waals surface area contributed by atoms with Crippen LogP contribution in [0.25, 0.3) is 0 Å². The van der Waals surface area contributed by atoms with Crippen LogP contribution in [0.15, 0.2) is 12.2 Å². The molecule has 2 aliphatic rings. The number of nitriles is 1. The van der Waals surface area contributed by atoms with Crippen LogP contribution >= 0.6 is 0 Å². The highest BCUT2D eigenvalue weighted by Crippen LogP contribution is 2.32. The van der Waals surface area contributed by atoms with Crippen LogP contribution in [0.4, 0.5) is 0 Å². The highest BCUT2D eigenvalue weighted by Gasteiger charge is 2.52. The molecule has 0 radical (unpaired) electrons. The van der Waals surface area contributed by atoms with Crippen molar-refractivity contribution in [1.29, 1.82) is 5.26 Å². The Bertz CT molecular complexity index is 449. The first-order valence-corrected chi connectivity index (χ1v) is 6.31. The zero-order valence-corrected chi connectivity index (χ0v) is 10.9. The van der Waals surface area contributed by atoms with Crippen molar-refractivity contribution >= 4 is 0 Å². The summed E-state index contributed by atoms with van der Waals surface area (Å²) in [5, 5.41) is 66.6. The average molecular weight is 303 g/mol. The zero-order valence-electron chi connectivity index (χ0n) is 10.9. The molecule has 21 heavy (non-hydrogen) atoms. The third-order valence-corrected chi connectivity index (χ3v) is 3.64. The summed E-state index contributed by atoms with van der Waals surface area (Å²) in [6.07, 6.45) is -8.36. The lowest BCUT2D eigenvalue weighted by Crippen LogP contribution is -2.61. The second-order valence-electron chi connectivity index (χ2n) is 5.01. The molecule has 9 nitrogen and oxygen atoms in total. The topological polar surface area (TPSA) is 164 Å². The van der Waals surface area contributed by atoms with Gasteiger partial charge < -0.3 is 40.1 Å². The van der Waals surface area contributed by atoms with Crippen LogP contribution in [0.5, 0.6) is 0 Å². The van der Waals surface area contributed by atoms with Gasteiger partial charge in [-0.05, 0) is 6.08 Å². The van der Waals surface area contributed by atoms with Gasteiger partial charge in [-0.3, -0.25) is 0 Å². The summed E-state index contributed by atoms with van der Waals surface area (Å²) in [7, 11) is 0. The summed E-state index contributed by atoms with van der Waals surface area (Å²) in [5.74, 6) is 0. The van der Waals surface area contributed by atoms with Crippen molar-refractivity contribution in [2.45, 2.75) is 48.5 Å². The molecule has 0 bridgehead atoms. The molecule has 0 spiro atoms. The highest BCUT2D eigenvalue weighted by molar-refractivity contribution is 5.29. The predicted octanol–water partition coefficient (Wildman–Crippen LogP) is -3.64. The molecule has 8 atom stereocenters. The van der Waals surface area contributed by atoms with Crippen molar-refractivity contribution in [3.8, 4) is 6.07 Å². The summed E-state index contributed by atoms with van der Waals surface area (Å²) in [6, 6.07) is 1.67. The minimum Gasteiger partial charge on any atom is -0.394 e. The van der Waals surface area contributed by atoms with Crippen LogP contribution in [0.2, 0.25) is 0 Å². The molecule has 1 saturated heterocycles. The molecule has 118 valence electrons. The Morgan fingerprint density at radius 3 is 2.29 bits per heavy atom. The van der Waals surface area contributed by atoms with E-state index in [2.05, 4.69) is 0 Å². The number of rotatable bonds is 3. The summed E-state index contributed by atoms with van der Waals surface area (Å²) >= 11 is 0. The van der Waals surface area contributed by atoms with E-state index in [0.29, 0.717) is 0 Å². The maximum Gasteiger partial charge on any atom is 0.204 e. The van der Waals surface area contributed by atoms with Gasteiger partial charge in [-0.2, -0.15) is 5.26 Å². The fourth-order valence-electron chi connectivity index (χ4n) is 2.29. The molecule has 6 N–H and O–H groups in total. The number of aliphatic hydroxyl groups excluding tert-OH is 6. The van der Waals surface area contributed by atoms with E-state index in [1.807, 2.05) is 0 Å². The number of aliphatic hydroxyl groups is 6. The quantitative estimate of drug-likeness (QED) is 0.288. The zero-order chi connectivity index (χ0) is 15.8. The summed E-state index contributed by atoms with van der Waals surface area (Å²) < 4.78 is 10.3. The lowest BCUT2D eigenvalue weighted by molar-refractivity contribution is -0.322. The SMILES string of the molecule is N#C[C@@]1(OC2OC(CO)C(O)C(O)C2O)C=C[C@H](O)[C@H]1O. The first-order chi connectivity index (χ1) is 9.86. The van der Waals surface area contributed by atoms with Crippen molar-refractivity contribution in [1.82, 2.24) is 0 Å². The molecule has 0 aromatic rings. The van der Waals surface area contributed by atoms with Gasteiger partial charge in [-0.15, -0.1) is 0 Å². The van der Waals surface area contributed by atoms with Gasteiger partial charge in [-0.25, -0.2) is 0 Å². The molecule has 1 fully saturated rings. The fraction of sp³-hybridized carbons (Fsp3) is 0.750. The lowest BCUT2D eigenvalue weighted by Gasteiger charge is -2.42. The van der Waals surface area contributed by atoms with Gasteiger partial charge in [0.15, 0.2) is 6.29 Å². The van der Waals surface area contributed by atoms with E-state index in [0.717, 1.165) is 12.2 Å². The monoisotopic (exact) mass is 303 g/mol. The number of nitrogens with zero attached hydrogens (tertiary/aromatic N) is 1. The molecule has 1 heterocycles. The Morgan fingerprint density at radius 1 is 1.14 bits per heavy atom. The third kappa shape index (κ3) is 2.68. The van der Waals surface area contributed by atoms with Crippen LogP contribution in [0.3, 0.4) is 0 Å². The molecule has 0 amide bonds. The van der Waals surface area contributed by atoms with Crippen molar-refractivity contribution in [2.75, 3.05) is 6.61 Å². The smallest absolute Gasteiger partial charge is 0.204 e. The van der Waals surface area contributed by atoms with Crippen LogP contribution in [-0.4, -0.2) is 85.8 Å². The predicted molar refractivity (Wildman–Crippen MR) is 64.3 cm³/mol. The Kier molecular flexibility index (Phi) is 4.62. The Balaban J connectivity index is 2.18. The van der Waals surface area contributed by atoms with E-state index in [1.165, 1.54) is 0 Å². The van der Waals surface area contributed by atoms with Gasteiger partial charge in [0.2, 0.25) is 5.60 Å². The molecule has 9 heteroatoms. The Hall–Kier alpha value is -1.09. The standard InChI is InChI=1S/C12H17NO8/c13-4-12(2-1-5(15)10(12)19)21-11-9(18)8(17)7(16)6(3-14)20-11/h1-2,5-11,14-19H,3H2/t5-,6?,7?,8?,9?,10+,11?,12-/m0/s1. The van der Waals surface area contributed by atoms with Crippen LogP contribution < -0.4 is 0 Å². The molecule has 1 aliphatic carbocycles. The van der Waals surface area contributed by atoms with Crippen LogP contribution in [0, 0.1) is 11.3 Å². The summed E-state index contributed by atoms with van der Waals surface area (Å²) in [6.45, 7) is -0.647. The molecular weight excluding hydrogens is 286 g/mol. The second kappa shape index (κ2) is 5.96. The fourth-order valence-corrected chi connectivity index (χ4v) is 2.29. The Labute approximate surface area is 119 Å². The molecule has 0 aromatic heterocycles. The summed E-state index contributed by atoms with van der Waals surface area (Å²) in [5.41, 5.74) is -1.97. The van der Waals surface area contributed by atoms with Gasteiger partial charge >= 0.3 is 0 Å². The van der Waals surface area contributed by atoms with E-state index in [1.54, 1.807) is 6.07 Å². The second-order valence-corrected chi connectivity index (χ2v) is 5.01. The van der Waals surface area contributed by atoms with Gasteiger partial charge in [0, 0.05) is 0 Å². The molecule has 0 saturated carbocycles. The van der Waals surface area contributed by atoms with E-state index in [-0.39, 0.29) is 0 Å². The van der Waals surface area contributed by atoms with E-state index < -0.39 is 55.1 Å². The van der Waals surface area contributed by atoms with Gasteiger partial charge in [0.05, 0.1) is 6.61 Å². The molecule has 0 aromatic carbocycles. The molecule has 2 rings (SSSR count). The molecule has 1 aliphatic heterocycles. The molecule has 5 unspecified atom stereocenters. The number of hydrogen-bond acceptors (Lipinski definition) is 9. The van der Waals surface area contributed by atoms with Gasteiger partial charge in [0.1, 0.15) is 42.7 Å². The third-order valence-electron chi connectivity index (χ3n) is 3.64. The maximum atomic E-state index is 9.82. The number of ether oxygens (including phenoxy) is 2. The minimum atomic E-state index is -1.97. The van der Waals surface area contributed by atoms with Crippen molar-refractivity contribution < 1.29 is 40.1 Å². The normalized spacial score (nSPS) is 50.0. The van der Waals surface area contributed by atoms with Crippen molar-refractivity contribution in [3.05, 3.63) is 12.2 Å². The summed E-state index contributed by atoms with van der Waals surface area (Å²) in [4.78, 5) is 0. The largest absolute Gasteiger partial charge is 0.394 e. The lowest BCUT2D eigenvalue weighted by atomic mass is 9.97. The Morgan fingerprint density at radius 2 is 1.81 bits per heavy atom. The van der Waals surface area contributed by atoms with E-state index >= 15 is 0 Å². The van der Waals surface area contributed by atoms with Crippen LogP contribution in [-0.2, 0) is 9.47 Å². The number of hydrogen-bond donors (Lipinski definition) is 6. The first-order valence-electron chi connectivity index (χ1n) is 6.31. The first kappa shape index (κ1) is 16.3. The van der Waals surface area contributed by atoms with Crippen molar-refractivity contribution in [2.24, 2.45) is 0 Å². The van der Waals surface area contributed by atoms with Crippen LogP contribution in [0.1, 0.15) is 0 Å². The minimum absolute atomic E-state index is 0.647. The van der Waals surface area contributed by atoms with Gasteiger partial charge in [0.25, 0.3) is 0 Å². The molecular formula is C12H17NO8. The van der Waals surface area contributed by atoms with Crippen molar-refractivity contribution in [3.63, 3.8) is 0 Å². The van der Waals surface area contributed by atoms with E-state index in [4.69, 9.17) is 19.8 Å². The average Bonchev–Trinajstić information content (AvgIpc) is 2.77. The van der Waals surface area contributed by atoms with E-state index in [9.17, 15) is 25.5 Å². The maximum absolute atomic E-state index is 9.82. The van der Waals surface area contributed by atoms with Gasteiger partial charge in [-0.1, -0.05) is 6.08 Å².